The molecule has 1 aliphatic heterocycles. The zero-order chi connectivity index (χ0) is 23.3. The second-order valence-corrected chi connectivity index (χ2v) is 8.77. The molecule has 1 aliphatic rings. The molecule has 1 fully saturated rings. The Kier molecular flexibility index (Phi) is 45.8. The minimum Gasteiger partial charge on any atom is -0.400 e. The first-order chi connectivity index (χ1) is 14.2. The van der Waals surface area contributed by atoms with Crippen molar-refractivity contribution in [1.82, 2.24) is 0 Å². The number of aliphatic hydroxyl groups is 1. The Balaban J connectivity index is -0.000000301. The molecule has 0 bridgehead atoms. The summed E-state index contributed by atoms with van der Waals surface area (Å²) in [7, 11) is 3.25. The van der Waals surface area contributed by atoms with Gasteiger partial charge in [0.05, 0.1) is 44.5 Å². The third kappa shape index (κ3) is 30.9. The smallest absolute Gasteiger partial charge is 0.332 e. The summed E-state index contributed by atoms with van der Waals surface area (Å²) >= 11 is 0. The second-order valence-electron chi connectivity index (χ2n) is 5.24. The van der Waals surface area contributed by atoms with Gasteiger partial charge in [-0.2, -0.15) is 5.26 Å². The first kappa shape index (κ1) is 36.9. The van der Waals surface area contributed by atoms with Crippen molar-refractivity contribution in [3.8, 4) is 6.07 Å². The van der Waals surface area contributed by atoms with Crippen LogP contribution in [0, 0.1) is 11.3 Å². The van der Waals surface area contributed by atoms with Crippen LogP contribution in [0.5, 0.6) is 0 Å². The molecule has 9 heteroatoms. The summed E-state index contributed by atoms with van der Waals surface area (Å²) in [5.41, 5.74) is 0. The maximum Gasteiger partial charge on any atom is 0.332 e. The third-order valence-corrected chi connectivity index (χ3v) is 4.18. The third-order valence-electron chi connectivity index (χ3n) is 3.03. The zero-order valence-corrected chi connectivity index (χ0v) is 23.1. The number of nitriles is 1. The highest BCUT2D eigenvalue weighted by Gasteiger charge is 2.22. The molecule has 0 amide bonds. The van der Waals surface area contributed by atoms with E-state index in [-0.39, 0.29) is 6.10 Å². The Hall–Kier alpha value is 0.580. The lowest BCUT2D eigenvalue weighted by molar-refractivity contribution is -0.0616. The molecule has 1 saturated heterocycles. The Morgan fingerprint density at radius 1 is 1.14 bits per heavy atom. The fourth-order valence-corrected chi connectivity index (χ4v) is 2.96. The van der Waals surface area contributed by atoms with Crippen molar-refractivity contribution in [2.75, 3.05) is 33.6 Å². The molecule has 0 spiro atoms. The Labute approximate surface area is 186 Å². The molecule has 5 unspecified atom stereocenters. The van der Waals surface area contributed by atoms with Gasteiger partial charge >= 0.3 is 8.60 Å². The number of unbranched alkanes of at least 4 members (excludes halogenated alkanes) is 1. The van der Waals surface area contributed by atoms with Gasteiger partial charge in [0.2, 0.25) is 0 Å². The van der Waals surface area contributed by atoms with Crippen LogP contribution in [0.3, 0.4) is 0 Å². The molecular formula is C20H48NO5P3. The van der Waals surface area contributed by atoms with Crippen LogP contribution in [0.1, 0.15) is 80.1 Å². The van der Waals surface area contributed by atoms with E-state index >= 15 is 0 Å². The first-order valence-electron chi connectivity index (χ1n) is 10.7. The predicted molar refractivity (Wildman–Crippen MR) is 133 cm³/mol. The van der Waals surface area contributed by atoms with Gasteiger partial charge in [0.25, 0.3) is 0 Å². The van der Waals surface area contributed by atoms with Gasteiger partial charge in [-0.1, -0.05) is 41.0 Å². The largest absolute Gasteiger partial charge is 0.400 e. The number of hydrogen-bond donors (Lipinski definition) is 1. The highest BCUT2D eigenvalue weighted by Crippen LogP contribution is 2.40. The van der Waals surface area contributed by atoms with Crippen molar-refractivity contribution in [2.24, 2.45) is 0 Å². The minimum absolute atomic E-state index is 0.137. The Morgan fingerprint density at radius 2 is 1.69 bits per heavy atom. The van der Waals surface area contributed by atoms with Crippen LogP contribution >= 0.6 is 25.8 Å². The minimum atomic E-state index is -1.35. The Bertz CT molecular complexity index is 310. The lowest BCUT2D eigenvalue weighted by Crippen LogP contribution is -2.28. The van der Waals surface area contributed by atoms with Crippen LogP contribution in [0.25, 0.3) is 0 Å². The molecule has 178 valence electrons. The Morgan fingerprint density at radius 3 is 2.17 bits per heavy atom. The van der Waals surface area contributed by atoms with Gasteiger partial charge in [0.1, 0.15) is 0 Å². The summed E-state index contributed by atoms with van der Waals surface area (Å²) in [5, 5.41) is 15.5. The van der Waals surface area contributed by atoms with Crippen LogP contribution in [0.15, 0.2) is 0 Å². The molecule has 0 aromatic carbocycles. The number of nitrogens with zero attached hydrogens (tertiary/aromatic N) is 1. The number of rotatable bonds is 10. The highest BCUT2D eigenvalue weighted by atomic mass is 32.0. The predicted octanol–water partition coefficient (Wildman–Crippen LogP) is 6.68. The molecule has 5 atom stereocenters. The van der Waals surface area contributed by atoms with Crippen LogP contribution in [0.2, 0.25) is 0 Å². The van der Waals surface area contributed by atoms with E-state index in [0.717, 1.165) is 41.1 Å². The zero-order valence-electron chi connectivity index (χ0n) is 20.1. The van der Waals surface area contributed by atoms with Gasteiger partial charge in [0.15, 0.2) is 0 Å². The van der Waals surface area contributed by atoms with E-state index in [1.807, 2.05) is 27.7 Å². The molecule has 0 radical (unpaired) electrons. The van der Waals surface area contributed by atoms with E-state index in [2.05, 4.69) is 35.5 Å². The lowest BCUT2D eigenvalue weighted by atomic mass is 10.1. The van der Waals surface area contributed by atoms with Gasteiger partial charge in [-0.3, -0.25) is 0 Å². The van der Waals surface area contributed by atoms with Gasteiger partial charge in [0, 0.05) is 7.11 Å². The fourth-order valence-electron chi connectivity index (χ4n) is 1.93. The average Bonchev–Trinajstić information content (AvgIpc) is 2.77. The van der Waals surface area contributed by atoms with Gasteiger partial charge in [-0.05, 0) is 39.3 Å². The van der Waals surface area contributed by atoms with Crippen molar-refractivity contribution >= 4 is 25.8 Å². The normalized spacial score (nSPS) is 18.4. The van der Waals surface area contributed by atoms with E-state index in [1.165, 1.54) is 6.42 Å². The van der Waals surface area contributed by atoms with E-state index in [4.69, 9.17) is 28.7 Å². The maximum atomic E-state index is 8.53. The number of aliphatic hydroxyl groups excluding tert-OH is 1. The average molecular weight is 476 g/mol. The summed E-state index contributed by atoms with van der Waals surface area (Å²) in [5.74, 6) is 0. The standard InChI is InChI=1S/C14H26NO4P.2C2H6.CH4O.CH6P2/c1-3-4-10-16-20(17-11-6-9-15)18-12-14-8-5-7-13(2)19-14;3*1-2;1-3-2/h13-14H,3-8,10-12H2,1-2H3;2*1-2H3;2H,1H3;3H,2H2,1H3. The van der Waals surface area contributed by atoms with E-state index in [1.54, 1.807) is 0 Å². The molecule has 1 heterocycles. The van der Waals surface area contributed by atoms with E-state index in [9.17, 15) is 0 Å². The van der Waals surface area contributed by atoms with Crippen molar-refractivity contribution in [2.45, 2.75) is 92.3 Å². The topological polar surface area (TPSA) is 80.9 Å². The summed E-state index contributed by atoms with van der Waals surface area (Å²) in [6.07, 6.45) is 6.19. The van der Waals surface area contributed by atoms with Gasteiger partial charge < -0.3 is 23.4 Å². The molecule has 1 rings (SSSR count). The highest BCUT2D eigenvalue weighted by molar-refractivity contribution is 8.02. The molecule has 0 aromatic heterocycles. The molecular weight excluding hydrogens is 427 g/mol. The van der Waals surface area contributed by atoms with Crippen LogP contribution < -0.4 is 0 Å². The molecule has 0 aliphatic carbocycles. The molecule has 6 nitrogen and oxygen atoms in total. The maximum absolute atomic E-state index is 8.53. The molecule has 0 saturated carbocycles. The van der Waals surface area contributed by atoms with Crippen LogP contribution in [0.4, 0.5) is 0 Å². The lowest BCUT2D eigenvalue weighted by Gasteiger charge is -2.28. The molecule has 0 aromatic rings. The second kappa shape index (κ2) is 36.0. The summed E-state index contributed by atoms with van der Waals surface area (Å²) < 4.78 is 22.6. The van der Waals surface area contributed by atoms with E-state index < -0.39 is 8.60 Å². The van der Waals surface area contributed by atoms with Crippen molar-refractivity contribution < 1.29 is 23.4 Å². The monoisotopic (exact) mass is 475 g/mol. The van der Waals surface area contributed by atoms with Gasteiger partial charge in [-0.15, -0.1) is 17.2 Å². The fraction of sp³-hybridized carbons (Fsp3) is 0.950. The molecule has 29 heavy (non-hydrogen) atoms. The molecule has 1 N–H and O–H groups in total. The van der Waals surface area contributed by atoms with Gasteiger partial charge in [-0.25, -0.2) is 0 Å². The van der Waals surface area contributed by atoms with Crippen LogP contribution in [-0.2, 0) is 18.3 Å². The summed E-state index contributed by atoms with van der Waals surface area (Å²) in [6, 6.07) is 2.05. The van der Waals surface area contributed by atoms with Crippen molar-refractivity contribution in [3.05, 3.63) is 0 Å². The summed E-state index contributed by atoms with van der Waals surface area (Å²) in [6.45, 7) is 15.8. The first-order valence-corrected chi connectivity index (χ1v) is 15.1. The van der Waals surface area contributed by atoms with Crippen molar-refractivity contribution in [3.63, 3.8) is 0 Å². The van der Waals surface area contributed by atoms with Crippen molar-refractivity contribution in [1.29, 1.82) is 5.26 Å². The number of ether oxygens (including phenoxy) is 1. The van der Waals surface area contributed by atoms with E-state index in [0.29, 0.717) is 32.3 Å². The SMILES string of the molecule is CC.CC.CCCCOP(OCCC#N)OCC1CCCC(C)O1.CO.CPP. The quantitative estimate of drug-likeness (QED) is 0.280. The van der Waals surface area contributed by atoms with Crippen LogP contribution in [-0.4, -0.2) is 50.9 Å². The number of hydrogen-bond acceptors (Lipinski definition) is 6. The summed E-state index contributed by atoms with van der Waals surface area (Å²) in [4.78, 5) is 0.